The van der Waals surface area contributed by atoms with Crippen LogP contribution in [0.1, 0.15) is 245 Å². The second-order valence-corrected chi connectivity index (χ2v) is 26.0. The smallest absolute Gasteiger partial charge is 0.462 e. The van der Waals surface area contributed by atoms with Gasteiger partial charge in [-0.15, -0.1) is 0 Å². The highest BCUT2D eigenvalue weighted by Crippen LogP contribution is 2.43. The maximum absolute atomic E-state index is 12.9. The van der Waals surface area contributed by atoms with Gasteiger partial charge in [0.15, 0.2) is 6.10 Å². The first kappa shape index (κ1) is 88.3. The minimum atomic E-state index is -4.42. The lowest BCUT2D eigenvalue weighted by Gasteiger charge is -2.24. The van der Waals surface area contributed by atoms with E-state index in [2.05, 4.69) is 233 Å². The van der Waals surface area contributed by atoms with E-state index >= 15 is 0 Å². The van der Waals surface area contributed by atoms with Crippen molar-refractivity contribution < 1.29 is 42.1 Å². The first-order chi connectivity index (χ1) is 46.0. The fourth-order valence-corrected chi connectivity index (χ4v) is 9.74. The van der Waals surface area contributed by atoms with Gasteiger partial charge in [-0.25, -0.2) is 4.57 Å². The Balaban J connectivity index is 4.18. The zero-order chi connectivity index (χ0) is 68.3. The highest BCUT2D eigenvalue weighted by molar-refractivity contribution is 7.47. The lowest BCUT2D eigenvalue weighted by molar-refractivity contribution is -0.870. The Bertz CT molecular complexity index is 2390. The van der Waals surface area contributed by atoms with Gasteiger partial charge in [-0.05, 0) is 154 Å². The molecule has 0 aromatic heterocycles. The lowest BCUT2D eigenvalue weighted by atomic mass is 10.1. The average molecular weight is 1320 g/mol. The number of phosphoric acid groups is 1. The third-order valence-corrected chi connectivity index (χ3v) is 15.5. The van der Waals surface area contributed by atoms with Crippen molar-refractivity contribution in [3.8, 4) is 0 Å². The summed E-state index contributed by atoms with van der Waals surface area (Å²) in [6.45, 7) is 4.15. The van der Waals surface area contributed by atoms with Gasteiger partial charge in [0.05, 0.1) is 27.7 Å². The van der Waals surface area contributed by atoms with E-state index in [0.717, 1.165) is 173 Å². The number of ether oxygens (including phenoxy) is 2. The van der Waals surface area contributed by atoms with Gasteiger partial charge in [0.25, 0.3) is 0 Å². The lowest BCUT2D eigenvalue weighted by Crippen LogP contribution is -2.37. The molecule has 10 heteroatoms. The molecule has 0 radical (unpaired) electrons. The van der Waals surface area contributed by atoms with Crippen molar-refractivity contribution in [1.29, 1.82) is 0 Å². The molecule has 2 atom stereocenters. The van der Waals surface area contributed by atoms with E-state index in [1.165, 1.54) is 32.1 Å². The van der Waals surface area contributed by atoms with Crippen molar-refractivity contribution in [1.82, 2.24) is 0 Å². The monoisotopic (exact) mass is 1310 g/mol. The van der Waals surface area contributed by atoms with Gasteiger partial charge in [-0.3, -0.25) is 18.6 Å². The van der Waals surface area contributed by atoms with E-state index in [0.29, 0.717) is 23.9 Å². The summed E-state index contributed by atoms with van der Waals surface area (Å²) in [6, 6.07) is 0. The third-order valence-electron chi connectivity index (χ3n) is 14.5. The number of allylic oxidation sites excluding steroid dienone is 36. The Morgan fingerprint density at radius 2 is 0.574 bits per heavy atom. The highest BCUT2D eigenvalue weighted by Gasteiger charge is 2.27. The van der Waals surface area contributed by atoms with Crippen molar-refractivity contribution in [2.75, 3.05) is 47.5 Å². The number of hydrogen-bond donors (Lipinski definition) is 1. The molecule has 0 aliphatic heterocycles. The van der Waals surface area contributed by atoms with Gasteiger partial charge in [-0.2, -0.15) is 0 Å². The normalized spacial score (nSPS) is 14.4. The average Bonchev–Trinajstić information content (AvgIpc) is 1.57. The van der Waals surface area contributed by atoms with Crippen LogP contribution >= 0.6 is 7.82 Å². The summed E-state index contributed by atoms with van der Waals surface area (Å²) in [5.41, 5.74) is 0. The van der Waals surface area contributed by atoms with E-state index in [-0.39, 0.29) is 32.0 Å². The summed E-state index contributed by atoms with van der Waals surface area (Å²) in [5, 5.41) is 0. The van der Waals surface area contributed by atoms with E-state index in [9.17, 15) is 19.0 Å². The van der Waals surface area contributed by atoms with Crippen LogP contribution in [0, 0.1) is 0 Å². The van der Waals surface area contributed by atoms with Crippen molar-refractivity contribution in [3.05, 3.63) is 219 Å². The molecule has 9 nitrogen and oxygen atoms in total. The first-order valence-electron chi connectivity index (χ1n) is 36.5. The number of hydrogen-bond acceptors (Lipinski definition) is 7. The van der Waals surface area contributed by atoms with Crippen molar-refractivity contribution >= 4 is 19.8 Å². The number of likely N-dealkylation sites (N-methyl/N-ethyl adjacent to an activating group) is 1. The van der Waals surface area contributed by atoms with Crippen LogP contribution in [-0.2, 0) is 32.7 Å². The Hall–Kier alpha value is -5.67. The minimum Gasteiger partial charge on any atom is -0.462 e. The van der Waals surface area contributed by atoms with Gasteiger partial charge in [0.2, 0.25) is 0 Å². The quantitative estimate of drug-likeness (QED) is 0.0211. The Morgan fingerprint density at radius 3 is 0.851 bits per heavy atom. The third kappa shape index (κ3) is 75.4. The molecule has 0 spiro atoms. The largest absolute Gasteiger partial charge is 0.472 e. The molecule has 0 bridgehead atoms. The van der Waals surface area contributed by atoms with E-state index in [4.69, 9.17) is 18.5 Å². The zero-order valence-electron chi connectivity index (χ0n) is 59.8. The molecule has 0 aliphatic carbocycles. The van der Waals surface area contributed by atoms with Crippen LogP contribution in [0.25, 0.3) is 0 Å². The number of quaternary nitrogens is 1. The van der Waals surface area contributed by atoms with Crippen LogP contribution in [0.2, 0.25) is 0 Å². The summed E-state index contributed by atoms with van der Waals surface area (Å²) < 4.78 is 34.7. The highest BCUT2D eigenvalue weighted by atomic mass is 31.2. The van der Waals surface area contributed by atoms with Gasteiger partial charge in [0.1, 0.15) is 19.8 Å². The molecule has 526 valence electrons. The van der Waals surface area contributed by atoms with Gasteiger partial charge in [-0.1, -0.05) is 297 Å². The number of esters is 2. The topological polar surface area (TPSA) is 108 Å². The molecule has 0 rings (SSSR count). The number of carbonyl (C=O) groups is 2. The second kappa shape index (κ2) is 71.6. The molecular weight excluding hydrogens is 1180 g/mol. The Morgan fingerprint density at radius 1 is 0.330 bits per heavy atom. The van der Waals surface area contributed by atoms with Gasteiger partial charge >= 0.3 is 19.8 Å². The molecule has 94 heavy (non-hydrogen) atoms. The van der Waals surface area contributed by atoms with Crippen LogP contribution in [0.15, 0.2) is 219 Å². The van der Waals surface area contributed by atoms with Crippen LogP contribution in [0.5, 0.6) is 0 Å². The zero-order valence-corrected chi connectivity index (χ0v) is 60.7. The maximum atomic E-state index is 12.9. The summed E-state index contributed by atoms with van der Waals surface area (Å²) >= 11 is 0. The van der Waals surface area contributed by atoms with E-state index in [1.54, 1.807) is 0 Å². The van der Waals surface area contributed by atoms with Crippen LogP contribution in [0.3, 0.4) is 0 Å². The van der Waals surface area contributed by atoms with Crippen molar-refractivity contribution in [2.24, 2.45) is 0 Å². The van der Waals surface area contributed by atoms with Crippen molar-refractivity contribution in [3.63, 3.8) is 0 Å². The number of phosphoric ester groups is 1. The summed E-state index contributed by atoms with van der Waals surface area (Å²) in [4.78, 5) is 35.9. The molecule has 0 saturated carbocycles. The molecule has 0 amide bonds. The van der Waals surface area contributed by atoms with Gasteiger partial charge in [0, 0.05) is 12.8 Å². The molecule has 0 saturated heterocycles. The minimum absolute atomic E-state index is 0.0151. The summed E-state index contributed by atoms with van der Waals surface area (Å²) in [6.07, 6.45) is 115. The van der Waals surface area contributed by atoms with Crippen molar-refractivity contribution in [2.45, 2.75) is 251 Å². The van der Waals surface area contributed by atoms with Crippen LogP contribution in [-0.4, -0.2) is 74.9 Å². The first-order valence-corrected chi connectivity index (χ1v) is 38.0. The fraction of sp³-hybridized carbons (Fsp3) is 0.548. The Kier molecular flexibility index (Phi) is 67.3. The SMILES string of the molecule is CC/C=C\C/C=C\C/C=C\C/C=C\C/C=C\C/C=C\C/C=C\C/C=C\C/C=C\C/C=C\C/C=C\CCCCCCCCCC(=O)OC(COC(=O)CCCCCCCCC/C=C\C/C=C\C/C=C\C/C=C\C/C=C\C/C=C\C/C=C\CC)COP(=O)(O)OCC[N+](C)(C)C. The molecule has 1 N–H and O–H groups in total. The molecule has 0 aromatic rings. The molecule has 2 unspecified atom stereocenters. The molecule has 0 aromatic carbocycles. The summed E-state index contributed by atoms with van der Waals surface area (Å²) in [7, 11) is 1.43. The maximum Gasteiger partial charge on any atom is 0.472 e. The van der Waals surface area contributed by atoms with Gasteiger partial charge < -0.3 is 18.9 Å². The Labute approximate surface area is 576 Å². The molecule has 0 aliphatic rings. The van der Waals surface area contributed by atoms with Crippen LogP contribution < -0.4 is 0 Å². The van der Waals surface area contributed by atoms with E-state index < -0.39 is 26.5 Å². The standard InChI is InChI=1S/C84H132NO8P/c1-6-8-10-12-14-16-18-20-22-24-26-28-30-32-34-36-37-38-39-40-41-42-43-44-45-46-47-49-51-53-55-57-59-61-63-65-67-69-71-73-75-77-84(87)93-82(81-92-94(88,89)91-79-78-85(3,4)5)80-90-83(86)76-74-72-70-68-66-64-62-60-58-56-54-52-50-48-35-33-31-29-27-25-23-21-19-17-15-13-11-9-7-2/h8-11,14-17,20-23,26-29,32-35,37-38,40-41,43-44,46-47,50-53,56-59,82H,6-7,12-13,18-19,24-25,30-31,36,39,42,45,48-49,54-55,60-81H2,1-5H3/p+1/b10-8-,11-9-,16-14-,17-15-,22-20-,23-21-,28-26-,29-27-,34-32-,35-33-,38-37-,41-40-,44-43-,47-46-,52-50-,53-51-,58-56-,59-57-. The molecule has 0 heterocycles. The molecular formula is C84H133NO8P+. The number of unbranched alkanes of at least 4 members (excludes halogenated alkanes) is 14. The number of carbonyl (C=O) groups excluding carboxylic acids is 2. The predicted octanol–water partition coefficient (Wildman–Crippen LogP) is 24.4. The summed E-state index contributed by atoms with van der Waals surface area (Å²) in [5.74, 6) is -0.839. The van der Waals surface area contributed by atoms with E-state index in [1.807, 2.05) is 21.1 Å². The second-order valence-electron chi connectivity index (χ2n) is 24.5. The fourth-order valence-electron chi connectivity index (χ4n) is 9.00. The predicted molar refractivity (Wildman–Crippen MR) is 408 cm³/mol. The number of rotatable bonds is 64. The molecule has 0 fully saturated rings. The van der Waals surface area contributed by atoms with Crippen LogP contribution in [0.4, 0.5) is 0 Å². The number of nitrogens with zero attached hydrogens (tertiary/aromatic N) is 1.